The number of hydrogen-bond acceptors (Lipinski definition) is 5. The molecule has 2 aromatic rings. The average molecular weight is 369 g/mol. The summed E-state index contributed by atoms with van der Waals surface area (Å²) in [7, 11) is 0. The van der Waals surface area contributed by atoms with E-state index in [-0.39, 0.29) is 18.1 Å². The normalized spacial score (nSPS) is 34.4. The first-order chi connectivity index (χ1) is 12.9. The Hall–Kier alpha value is -2.08. The zero-order valence-electron chi connectivity index (χ0n) is 15.9. The topological polar surface area (TPSA) is 87.2 Å². The maximum Gasteiger partial charge on any atom is 0.342 e. The Morgan fingerprint density at radius 1 is 1.33 bits per heavy atom. The van der Waals surface area contributed by atoms with Crippen molar-refractivity contribution in [3.63, 3.8) is 0 Å². The van der Waals surface area contributed by atoms with Crippen LogP contribution >= 0.6 is 0 Å². The summed E-state index contributed by atoms with van der Waals surface area (Å²) in [5.74, 6) is 1.22. The number of esters is 1. The molecule has 4 bridgehead atoms. The van der Waals surface area contributed by atoms with Crippen LogP contribution in [0.4, 0.5) is 5.69 Å². The van der Waals surface area contributed by atoms with Gasteiger partial charge in [-0.15, -0.1) is 0 Å². The van der Waals surface area contributed by atoms with Crippen molar-refractivity contribution in [3.05, 3.63) is 24.0 Å². The lowest BCUT2D eigenvalue weighted by atomic mass is 9.52. The largest absolute Gasteiger partial charge is 0.459 e. The lowest BCUT2D eigenvalue weighted by molar-refractivity contribution is -0.129. The van der Waals surface area contributed by atoms with Crippen LogP contribution in [0, 0.1) is 17.8 Å². The van der Waals surface area contributed by atoms with Crippen LogP contribution in [-0.2, 0) is 4.74 Å². The molecule has 0 saturated heterocycles. The maximum atomic E-state index is 12.7. The number of aliphatic hydroxyl groups is 1. The highest BCUT2D eigenvalue weighted by atomic mass is 16.5. The Bertz CT molecular complexity index is 874. The highest BCUT2D eigenvalue weighted by Gasteiger charge is 2.54. The van der Waals surface area contributed by atoms with Gasteiger partial charge in [-0.3, -0.25) is 0 Å². The summed E-state index contributed by atoms with van der Waals surface area (Å²) in [6, 6.07) is 2.24. The smallest absolute Gasteiger partial charge is 0.342 e. The number of H-pyrrole nitrogens is 1. The van der Waals surface area contributed by atoms with E-state index in [0.717, 1.165) is 36.0 Å². The summed E-state index contributed by atoms with van der Waals surface area (Å²) in [5, 5.41) is 15.5. The van der Waals surface area contributed by atoms with Crippen LogP contribution in [-0.4, -0.2) is 38.8 Å². The van der Waals surface area contributed by atoms with Gasteiger partial charge in [-0.1, -0.05) is 0 Å². The van der Waals surface area contributed by atoms with Crippen LogP contribution in [0.2, 0.25) is 0 Å². The molecule has 4 aliphatic carbocycles. The van der Waals surface area contributed by atoms with Crippen molar-refractivity contribution in [2.75, 3.05) is 5.32 Å². The molecule has 4 aliphatic rings. The summed E-state index contributed by atoms with van der Waals surface area (Å²) in [4.78, 5) is 20.2. The monoisotopic (exact) mass is 369 g/mol. The molecule has 6 rings (SSSR count). The van der Waals surface area contributed by atoms with Gasteiger partial charge >= 0.3 is 5.97 Å². The van der Waals surface area contributed by atoms with Gasteiger partial charge in [0.25, 0.3) is 0 Å². The maximum absolute atomic E-state index is 12.7. The molecule has 27 heavy (non-hydrogen) atoms. The van der Waals surface area contributed by atoms with E-state index >= 15 is 0 Å². The Kier molecular flexibility index (Phi) is 3.76. The van der Waals surface area contributed by atoms with Gasteiger partial charge in [0.2, 0.25) is 0 Å². The number of hydrogen-bond donors (Lipinski definition) is 3. The van der Waals surface area contributed by atoms with Crippen LogP contribution in [0.15, 0.2) is 18.5 Å². The van der Waals surface area contributed by atoms with Gasteiger partial charge in [-0.2, -0.15) is 0 Å². The van der Waals surface area contributed by atoms with Crippen molar-refractivity contribution in [1.29, 1.82) is 0 Å². The fourth-order valence-electron chi connectivity index (χ4n) is 5.98. The number of nitrogens with one attached hydrogen (secondary N) is 2. The number of rotatable bonds is 4. The number of nitrogens with zero attached hydrogens (tertiary/aromatic N) is 1. The van der Waals surface area contributed by atoms with E-state index in [9.17, 15) is 9.90 Å². The highest BCUT2D eigenvalue weighted by Crippen LogP contribution is 2.56. The van der Waals surface area contributed by atoms with E-state index in [1.165, 1.54) is 12.8 Å². The molecule has 0 unspecified atom stereocenters. The second-order valence-electron chi connectivity index (χ2n) is 9.11. The fraction of sp³-hybridized carbons (Fsp3) is 0.619. The van der Waals surface area contributed by atoms with Gasteiger partial charge in [0.05, 0.1) is 17.4 Å². The lowest BCUT2D eigenvalue weighted by Crippen LogP contribution is -2.59. The molecular weight excluding hydrogens is 342 g/mol. The molecule has 4 fully saturated rings. The SMILES string of the molecule is CC(C)OC(=O)c1cnc2[nH]ccc2c1N[C@@H]1[C@@H]2C[C@@H]3C[C@H]1C[C@](O)(C3)C2. The van der Waals surface area contributed by atoms with Crippen molar-refractivity contribution in [2.45, 2.75) is 63.7 Å². The minimum absolute atomic E-state index is 0.178. The molecule has 2 heterocycles. The molecule has 5 atom stereocenters. The van der Waals surface area contributed by atoms with Gasteiger partial charge in [-0.05, 0) is 69.8 Å². The summed E-state index contributed by atoms with van der Waals surface area (Å²) in [6.07, 6.45) is 8.32. The predicted molar refractivity (Wildman–Crippen MR) is 103 cm³/mol. The molecule has 2 aromatic heterocycles. The summed E-state index contributed by atoms with van der Waals surface area (Å²) >= 11 is 0. The van der Waals surface area contributed by atoms with Crippen molar-refractivity contribution >= 4 is 22.7 Å². The quantitative estimate of drug-likeness (QED) is 0.718. The first-order valence-corrected chi connectivity index (χ1v) is 10.1. The van der Waals surface area contributed by atoms with E-state index in [1.807, 2.05) is 26.1 Å². The first kappa shape index (κ1) is 17.0. The molecule has 0 amide bonds. The third-order valence-corrected chi connectivity index (χ3v) is 6.70. The van der Waals surface area contributed by atoms with Crippen molar-refractivity contribution in [3.8, 4) is 0 Å². The van der Waals surface area contributed by atoms with E-state index in [0.29, 0.717) is 23.3 Å². The van der Waals surface area contributed by atoms with Crippen LogP contribution < -0.4 is 5.32 Å². The van der Waals surface area contributed by atoms with Crippen LogP contribution in [0.1, 0.15) is 56.3 Å². The number of pyridine rings is 1. The molecule has 6 heteroatoms. The molecule has 6 nitrogen and oxygen atoms in total. The Morgan fingerprint density at radius 2 is 2.07 bits per heavy atom. The minimum atomic E-state index is -0.463. The molecule has 0 aliphatic heterocycles. The predicted octanol–water partition coefficient (Wildman–Crippen LogP) is 3.48. The van der Waals surface area contributed by atoms with Crippen LogP contribution in [0.5, 0.6) is 0 Å². The van der Waals surface area contributed by atoms with Crippen LogP contribution in [0.25, 0.3) is 11.0 Å². The van der Waals surface area contributed by atoms with Crippen molar-refractivity contribution < 1.29 is 14.6 Å². The molecular formula is C21H27N3O3. The summed E-state index contributed by atoms with van der Waals surface area (Å²) < 4.78 is 5.46. The molecule has 144 valence electrons. The Labute approximate surface area is 158 Å². The Morgan fingerprint density at radius 3 is 2.74 bits per heavy atom. The second-order valence-corrected chi connectivity index (χ2v) is 9.11. The number of fused-ring (bicyclic) bond motifs is 1. The third-order valence-electron chi connectivity index (χ3n) is 6.70. The third kappa shape index (κ3) is 2.81. The van der Waals surface area contributed by atoms with Crippen molar-refractivity contribution in [1.82, 2.24) is 9.97 Å². The van der Waals surface area contributed by atoms with Gasteiger partial charge in [0.15, 0.2) is 0 Å². The number of aromatic amines is 1. The Balaban J connectivity index is 1.51. The number of aromatic nitrogens is 2. The lowest BCUT2D eigenvalue weighted by Gasteiger charge is -2.58. The fourth-order valence-corrected chi connectivity index (χ4v) is 5.98. The summed E-state index contributed by atoms with van der Waals surface area (Å²) in [5.41, 5.74) is 1.61. The van der Waals surface area contributed by atoms with E-state index in [2.05, 4.69) is 15.3 Å². The number of carbonyl (C=O) groups excluding carboxylic acids is 1. The van der Waals surface area contributed by atoms with Crippen molar-refractivity contribution in [2.24, 2.45) is 17.8 Å². The van der Waals surface area contributed by atoms with E-state index in [4.69, 9.17) is 4.74 Å². The standard InChI is InChI=1S/C21H27N3O3/c1-11(2)27-20(25)16-10-23-19-15(3-4-22-19)18(16)24-17-13-5-12-6-14(17)9-21(26,7-12)8-13/h3-4,10-14,17,26H,5-9H2,1-2H3,(H2,22,23,24)/t12-,13-,14+,17-,21+. The number of ether oxygens (including phenoxy) is 1. The highest BCUT2D eigenvalue weighted by molar-refractivity contribution is 6.04. The molecule has 4 saturated carbocycles. The number of anilines is 1. The molecule has 0 radical (unpaired) electrons. The van der Waals surface area contributed by atoms with Crippen LogP contribution in [0.3, 0.4) is 0 Å². The first-order valence-electron chi connectivity index (χ1n) is 10.1. The average Bonchev–Trinajstić information content (AvgIpc) is 3.04. The van der Waals surface area contributed by atoms with Gasteiger partial charge in [-0.25, -0.2) is 9.78 Å². The zero-order chi connectivity index (χ0) is 18.8. The zero-order valence-corrected chi connectivity index (χ0v) is 15.9. The van der Waals surface area contributed by atoms with Gasteiger partial charge < -0.3 is 20.1 Å². The van der Waals surface area contributed by atoms with Gasteiger partial charge in [0.1, 0.15) is 11.2 Å². The van der Waals surface area contributed by atoms with E-state index < -0.39 is 5.60 Å². The second kappa shape index (κ2) is 5.96. The summed E-state index contributed by atoms with van der Waals surface area (Å²) in [6.45, 7) is 3.71. The van der Waals surface area contributed by atoms with Gasteiger partial charge in [0, 0.05) is 23.8 Å². The molecule has 3 N–H and O–H groups in total. The number of carbonyl (C=O) groups is 1. The van der Waals surface area contributed by atoms with E-state index in [1.54, 1.807) is 6.20 Å². The minimum Gasteiger partial charge on any atom is -0.459 e. The molecule has 0 spiro atoms. The molecule has 0 aromatic carbocycles.